The summed E-state index contributed by atoms with van der Waals surface area (Å²) < 4.78 is 4.89. The highest BCUT2D eigenvalue weighted by molar-refractivity contribution is 5.92. The third-order valence-electron chi connectivity index (χ3n) is 4.70. The lowest BCUT2D eigenvalue weighted by Gasteiger charge is -2.17. The number of hydrogen-bond acceptors (Lipinski definition) is 4. The molecule has 4 heterocycles. The van der Waals surface area contributed by atoms with Gasteiger partial charge in [-0.05, 0) is 24.6 Å². The Morgan fingerprint density at radius 2 is 2.08 bits per heavy atom. The summed E-state index contributed by atoms with van der Waals surface area (Å²) in [7, 11) is 3.50. The van der Waals surface area contributed by atoms with E-state index >= 15 is 0 Å². The minimum atomic E-state index is -0.0940. The molecule has 0 aliphatic carbocycles. The summed E-state index contributed by atoms with van der Waals surface area (Å²) in [5, 5.41) is 4.05. The molecule has 0 bridgehead atoms. The van der Waals surface area contributed by atoms with E-state index in [0.29, 0.717) is 24.4 Å². The second-order valence-electron chi connectivity index (χ2n) is 6.09. The molecule has 3 aromatic rings. The number of rotatable bonds is 2. The number of carbonyl (C=O) groups is 1. The number of carbonyl (C=O) groups excluding carboxylic acids is 1. The fraction of sp³-hybridized carbons (Fsp3) is 0.375. The van der Waals surface area contributed by atoms with Gasteiger partial charge in [-0.1, -0.05) is 0 Å². The van der Waals surface area contributed by atoms with Gasteiger partial charge in [-0.15, -0.1) is 0 Å². The Kier molecular flexibility index (Phi) is 3.26. The zero-order valence-corrected chi connectivity index (χ0v) is 13.6. The smallest absolute Gasteiger partial charge is 0.330 e. The number of aromatic nitrogens is 5. The van der Waals surface area contributed by atoms with Crippen LogP contribution < -0.4 is 5.69 Å². The van der Waals surface area contributed by atoms with Crippen LogP contribution >= 0.6 is 0 Å². The molecule has 124 valence electrons. The van der Waals surface area contributed by atoms with Crippen molar-refractivity contribution in [3.63, 3.8) is 0 Å². The predicted molar refractivity (Wildman–Crippen MR) is 87.7 cm³/mol. The van der Waals surface area contributed by atoms with E-state index in [9.17, 15) is 9.59 Å². The van der Waals surface area contributed by atoms with Crippen molar-refractivity contribution in [2.75, 3.05) is 13.1 Å². The minimum absolute atomic E-state index is 0.0567. The van der Waals surface area contributed by atoms with E-state index in [4.69, 9.17) is 0 Å². The van der Waals surface area contributed by atoms with Gasteiger partial charge in [0.25, 0.3) is 5.91 Å². The first kappa shape index (κ1) is 14.7. The summed E-state index contributed by atoms with van der Waals surface area (Å²) in [6.07, 6.45) is 4.03. The molecule has 3 aromatic heterocycles. The van der Waals surface area contributed by atoms with Crippen LogP contribution in [0, 0.1) is 0 Å². The number of imidazole rings is 1. The monoisotopic (exact) mass is 326 g/mol. The van der Waals surface area contributed by atoms with Crippen LogP contribution in [0.1, 0.15) is 23.0 Å². The van der Waals surface area contributed by atoms with Crippen LogP contribution in [0.3, 0.4) is 0 Å². The summed E-state index contributed by atoms with van der Waals surface area (Å²) in [5.74, 6) is -0.0567. The van der Waals surface area contributed by atoms with Crippen molar-refractivity contribution in [2.24, 2.45) is 14.1 Å². The van der Waals surface area contributed by atoms with E-state index in [0.717, 1.165) is 11.9 Å². The van der Waals surface area contributed by atoms with Gasteiger partial charge in [-0.3, -0.25) is 18.6 Å². The molecule has 1 saturated heterocycles. The van der Waals surface area contributed by atoms with Crippen LogP contribution in [-0.4, -0.2) is 47.8 Å². The summed E-state index contributed by atoms with van der Waals surface area (Å²) in [4.78, 5) is 31.4. The summed E-state index contributed by atoms with van der Waals surface area (Å²) in [5.41, 5.74) is 1.94. The number of fused-ring (bicyclic) bond motifs is 1. The van der Waals surface area contributed by atoms with Crippen molar-refractivity contribution < 1.29 is 4.79 Å². The Morgan fingerprint density at radius 3 is 2.83 bits per heavy atom. The standard InChI is InChI=1S/C16H18N6O2/c1-19-12-4-3-7-17-14(12)22(16(19)24)11-6-9-21(10-11)15(23)13-5-8-18-20(13)2/h3-5,7-8,11H,6,9-10H2,1-2H3/t11-/m1/s1. The largest absolute Gasteiger partial charge is 0.335 e. The van der Waals surface area contributed by atoms with Gasteiger partial charge in [-0.2, -0.15) is 5.10 Å². The highest BCUT2D eigenvalue weighted by Crippen LogP contribution is 2.25. The number of amides is 1. The maximum atomic E-state index is 12.6. The van der Waals surface area contributed by atoms with Crippen LogP contribution in [0.2, 0.25) is 0 Å². The zero-order valence-electron chi connectivity index (χ0n) is 13.6. The average molecular weight is 326 g/mol. The van der Waals surface area contributed by atoms with Crippen molar-refractivity contribution in [1.82, 2.24) is 28.8 Å². The van der Waals surface area contributed by atoms with Gasteiger partial charge in [-0.25, -0.2) is 9.78 Å². The molecule has 4 rings (SSSR count). The molecular formula is C16H18N6O2. The lowest BCUT2D eigenvalue weighted by atomic mass is 10.2. The molecule has 8 heteroatoms. The maximum absolute atomic E-state index is 12.6. The van der Waals surface area contributed by atoms with Crippen molar-refractivity contribution in [2.45, 2.75) is 12.5 Å². The SMILES string of the molecule is Cn1nccc1C(=O)N1CC[C@@H](n2c(=O)n(C)c3cccnc32)C1. The van der Waals surface area contributed by atoms with Crippen molar-refractivity contribution in [1.29, 1.82) is 0 Å². The highest BCUT2D eigenvalue weighted by atomic mass is 16.2. The Morgan fingerprint density at radius 1 is 1.25 bits per heavy atom. The van der Waals surface area contributed by atoms with Crippen molar-refractivity contribution in [3.05, 3.63) is 46.8 Å². The Balaban J connectivity index is 1.67. The Hall–Kier alpha value is -2.90. The van der Waals surface area contributed by atoms with Crippen LogP contribution in [0.4, 0.5) is 0 Å². The molecule has 8 nitrogen and oxygen atoms in total. The molecular weight excluding hydrogens is 308 g/mol. The summed E-state index contributed by atoms with van der Waals surface area (Å²) in [6, 6.07) is 5.35. The molecule has 0 spiro atoms. The molecule has 1 aliphatic rings. The fourth-order valence-corrected chi connectivity index (χ4v) is 3.40. The average Bonchev–Trinajstić information content (AvgIpc) is 3.28. The zero-order chi connectivity index (χ0) is 16.8. The number of hydrogen-bond donors (Lipinski definition) is 0. The molecule has 1 atom stereocenters. The summed E-state index contributed by atoms with van der Waals surface area (Å²) >= 11 is 0. The first-order chi connectivity index (χ1) is 11.6. The summed E-state index contributed by atoms with van der Waals surface area (Å²) in [6.45, 7) is 1.12. The van der Waals surface area contributed by atoms with E-state index in [-0.39, 0.29) is 17.6 Å². The maximum Gasteiger partial charge on any atom is 0.330 e. The Labute approximate surface area is 137 Å². The molecule has 1 amide bonds. The molecule has 1 aliphatic heterocycles. The second-order valence-corrected chi connectivity index (χ2v) is 6.09. The van der Waals surface area contributed by atoms with Crippen LogP contribution in [-0.2, 0) is 14.1 Å². The minimum Gasteiger partial charge on any atom is -0.335 e. The molecule has 0 saturated carbocycles. The van der Waals surface area contributed by atoms with E-state index < -0.39 is 0 Å². The third-order valence-corrected chi connectivity index (χ3v) is 4.70. The number of likely N-dealkylation sites (tertiary alicyclic amines) is 1. The molecule has 0 N–H and O–H groups in total. The van der Waals surface area contributed by atoms with Gasteiger partial charge in [0, 0.05) is 39.6 Å². The van der Waals surface area contributed by atoms with Crippen molar-refractivity contribution in [3.8, 4) is 0 Å². The van der Waals surface area contributed by atoms with E-state index in [1.807, 2.05) is 12.1 Å². The van der Waals surface area contributed by atoms with Crippen LogP contribution in [0.5, 0.6) is 0 Å². The van der Waals surface area contributed by atoms with E-state index in [2.05, 4.69) is 10.1 Å². The van der Waals surface area contributed by atoms with E-state index in [1.165, 1.54) is 0 Å². The molecule has 24 heavy (non-hydrogen) atoms. The predicted octanol–water partition coefficient (Wildman–Crippen LogP) is 0.556. The normalized spacial score (nSPS) is 17.8. The Bertz CT molecular complexity index is 982. The molecule has 1 fully saturated rings. The van der Waals surface area contributed by atoms with Crippen LogP contribution in [0.15, 0.2) is 35.4 Å². The lowest BCUT2D eigenvalue weighted by molar-refractivity contribution is 0.0776. The van der Waals surface area contributed by atoms with Gasteiger partial charge >= 0.3 is 5.69 Å². The fourth-order valence-electron chi connectivity index (χ4n) is 3.40. The molecule has 0 aromatic carbocycles. The molecule has 0 unspecified atom stereocenters. The van der Waals surface area contributed by atoms with Gasteiger partial charge in [0.15, 0.2) is 5.65 Å². The second kappa shape index (κ2) is 5.33. The van der Waals surface area contributed by atoms with Gasteiger partial charge in [0.1, 0.15) is 5.69 Å². The van der Waals surface area contributed by atoms with Gasteiger partial charge in [0.2, 0.25) is 0 Å². The first-order valence-electron chi connectivity index (χ1n) is 7.87. The highest BCUT2D eigenvalue weighted by Gasteiger charge is 2.31. The number of pyridine rings is 1. The van der Waals surface area contributed by atoms with Gasteiger partial charge in [0.05, 0.1) is 11.6 Å². The van der Waals surface area contributed by atoms with E-state index in [1.54, 1.807) is 51.3 Å². The number of nitrogens with zero attached hydrogens (tertiary/aromatic N) is 6. The van der Waals surface area contributed by atoms with Crippen molar-refractivity contribution >= 4 is 17.1 Å². The quantitative estimate of drug-likeness (QED) is 0.689. The first-order valence-corrected chi connectivity index (χ1v) is 7.87. The third kappa shape index (κ3) is 2.06. The van der Waals surface area contributed by atoms with Crippen LogP contribution in [0.25, 0.3) is 11.2 Å². The number of aryl methyl sites for hydroxylation is 2. The molecule has 0 radical (unpaired) electrons. The van der Waals surface area contributed by atoms with Gasteiger partial charge < -0.3 is 4.90 Å². The topological polar surface area (TPSA) is 78.0 Å². The lowest BCUT2D eigenvalue weighted by Crippen LogP contribution is -2.32.